The minimum Gasteiger partial charge on any atom is -0.423 e. The highest BCUT2D eigenvalue weighted by Gasteiger charge is 2.06. The third-order valence-corrected chi connectivity index (χ3v) is 2.76. The average molecular weight is 316 g/mol. The van der Waals surface area contributed by atoms with Crippen LogP contribution in [-0.2, 0) is 6.61 Å². The van der Waals surface area contributed by atoms with Gasteiger partial charge in [0.2, 0.25) is 0 Å². The van der Waals surface area contributed by atoms with E-state index in [1.54, 1.807) is 12.1 Å². The molecule has 0 amide bonds. The first kappa shape index (κ1) is 12.3. The van der Waals surface area contributed by atoms with Crippen molar-refractivity contribution in [2.24, 2.45) is 0 Å². The van der Waals surface area contributed by atoms with Gasteiger partial charge in [-0.05, 0) is 18.2 Å². The minimum atomic E-state index is -0.0993. The van der Waals surface area contributed by atoms with Gasteiger partial charge in [0.1, 0.15) is 0 Å². The van der Waals surface area contributed by atoms with Crippen molar-refractivity contribution in [1.29, 1.82) is 0 Å². The van der Waals surface area contributed by atoms with E-state index in [0.29, 0.717) is 16.3 Å². The summed E-state index contributed by atoms with van der Waals surface area (Å²) >= 11 is 9.28. The number of hydrogen-bond donors (Lipinski definition) is 1. The van der Waals surface area contributed by atoms with Crippen molar-refractivity contribution < 1.29 is 9.84 Å². The van der Waals surface area contributed by atoms with Crippen molar-refractivity contribution in [2.45, 2.75) is 6.61 Å². The molecule has 88 valence electrons. The van der Waals surface area contributed by atoms with Gasteiger partial charge in [0.25, 0.3) is 0 Å². The Morgan fingerprint density at radius 2 is 2.00 bits per heavy atom. The number of rotatable bonds is 3. The van der Waals surface area contributed by atoms with Crippen LogP contribution in [0.25, 0.3) is 0 Å². The Bertz CT molecular complexity index is 519. The molecule has 2 rings (SSSR count). The number of ether oxygens (including phenoxy) is 1. The van der Waals surface area contributed by atoms with Gasteiger partial charge in [-0.2, -0.15) is 0 Å². The van der Waals surface area contributed by atoms with Crippen molar-refractivity contribution in [1.82, 2.24) is 9.97 Å². The topological polar surface area (TPSA) is 55.2 Å². The third kappa shape index (κ3) is 3.15. The number of benzene rings is 1. The molecule has 0 atom stereocenters. The van der Waals surface area contributed by atoms with E-state index in [2.05, 4.69) is 25.9 Å². The van der Waals surface area contributed by atoms with Gasteiger partial charge in [0.05, 0.1) is 11.6 Å². The van der Waals surface area contributed by atoms with E-state index in [1.165, 1.54) is 12.4 Å². The highest BCUT2D eigenvalue weighted by atomic mass is 79.9. The molecular formula is C11H8BrClN2O2. The van der Waals surface area contributed by atoms with Crippen molar-refractivity contribution in [3.05, 3.63) is 45.7 Å². The number of hydrogen-bond acceptors (Lipinski definition) is 4. The summed E-state index contributed by atoms with van der Waals surface area (Å²) < 4.78 is 6.27. The lowest BCUT2D eigenvalue weighted by Gasteiger charge is -2.06. The van der Waals surface area contributed by atoms with E-state index >= 15 is 0 Å². The summed E-state index contributed by atoms with van der Waals surface area (Å²) in [6.07, 6.45) is 2.99. The minimum absolute atomic E-state index is 0.0993. The third-order valence-electron chi connectivity index (χ3n) is 1.96. The molecule has 17 heavy (non-hydrogen) atoms. The summed E-state index contributed by atoms with van der Waals surface area (Å²) in [6.45, 7) is -0.0993. The Balaban J connectivity index is 2.22. The summed E-state index contributed by atoms with van der Waals surface area (Å²) in [7, 11) is 0. The van der Waals surface area contributed by atoms with Crippen LogP contribution in [-0.4, -0.2) is 15.1 Å². The molecule has 4 nitrogen and oxygen atoms in total. The zero-order valence-electron chi connectivity index (χ0n) is 8.60. The molecule has 2 aromatic rings. The zero-order chi connectivity index (χ0) is 12.3. The average Bonchev–Trinajstić information content (AvgIpc) is 2.35. The fourth-order valence-corrected chi connectivity index (χ4v) is 1.63. The van der Waals surface area contributed by atoms with E-state index in [9.17, 15) is 0 Å². The van der Waals surface area contributed by atoms with Gasteiger partial charge in [-0.1, -0.05) is 27.5 Å². The number of aromatic nitrogens is 2. The highest BCUT2D eigenvalue weighted by Crippen LogP contribution is 2.30. The van der Waals surface area contributed by atoms with E-state index in [1.807, 2.05) is 6.07 Å². The maximum Gasteiger partial charge on any atom is 0.321 e. The number of nitrogens with zero attached hydrogens (tertiary/aromatic N) is 2. The molecule has 0 aliphatic rings. The van der Waals surface area contributed by atoms with Crippen LogP contribution in [0.4, 0.5) is 0 Å². The van der Waals surface area contributed by atoms with E-state index in [4.69, 9.17) is 21.4 Å². The quantitative estimate of drug-likeness (QED) is 0.945. The van der Waals surface area contributed by atoms with Crippen molar-refractivity contribution in [2.75, 3.05) is 0 Å². The largest absolute Gasteiger partial charge is 0.423 e. The molecular weight excluding hydrogens is 307 g/mol. The van der Waals surface area contributed by atoms with Crippen LogP contribution in [0.15, 0.2) is 35.1 Å². The Morgan fingerprint density at radius 3 is 2.65 bits per heavy atom. The normalized spacial score (nSPS) is 10.3. The van der Waals surface area contributed by atoms with E-state index in [0.717, 1.165) is 4.47 Å². The molecule has 0 saturated carbocycles. The smallest absolute Gasteiger partial charge is 0.321 e. The van der Waals surface area contributed by atoms with Crippen LogP contribution in [0.3, 0.4) is 0 Å². The number of aliphatic hydroxyl groups is 1. The van der Waals surface area contributed by atoms with Crippen molar-refractivity contribution >= 4 is 27.5 Å². The predicted octanol–water partition coefficient (Wildman–Crippen LogP) is 3.18. The lowest BCUT2D eigenvalue weighted by molar-refractivity contribution is 0.280. The first-order valence-corrected chi connectivity index (χ1v) is 5.91. The molecule has 0 unspecified atom stereocenters. The van der Waals surface area contributed by atoms with Gasteiger partial charge in [0, 0.05) is 22.4 Å². The molecule has 6 heteroatoms. The molecule has 0 aliphatic heterocycles. The first-order chi connectivity index (χ1) is 8.19. The summed E-state index contributed by atoms with van der Waals surface area (Å²) in [5.41, 5.74) is 0.623. The van der Waals surface area contributed by atoms with Gasteiger partial charge < -0.3 is 9.84 Å². The van der Waals surface area contributed by atoms with Crippen LogP contribution < -0.4 is 4.74 Å². The highest BCUT2D eigenvalue weighted by molar-refractivity contribution is 9.10. The standard InChI is InChI=1S/C11H8BrClN2O2/c12-8-1-2-9(13)10(3-8)17-11-14-4-7(6-16)5-15-11/h1-5,16H,6H2. The second kappa shape index (κ2) is 5.44. The molecule has 1 N–H and O–H groups in total. The second-order valence-corrected chi connectivity index (χ2v) is 4.53. The summed E-state index contributed by atoms with van der Waals surface area (Å²) in [5, 5.41) is 9.33. The first-order valence-electron chi connectivity index (χ1n) is 4.73. The number of aliphatic hydroxyl groups excluding tert-OH is 1. The molecule has 0 saturated heterocycles. The second-order valence-electron chi connectivity index (χ2n) is 3.21. The van der Waals surface area contributed by atoms with Gasteiger partial charge >= 0.3 is 6.01 Å². The van der Waals surface area contributed by atoms with E-state index in [-0.39, 0.29) is 12.6 Å². The SMILES string of the molecule is OCc1cnc(Oc2cc(Br)ccc2Cl)nc1. The lowest BCUT2D eigenvalue weighted by atomic mass is 10.3. The molecule has 1 heterocycles. The van der Waals surface area contributed by atoms with Crippen LogP contribution >= 0.6 is 27.5 Å². The van der Waals surface area contributed by atoms with Gasteiger partial charge in [-0.3, -0.25) is 0 Å². The molecule has 1 aromatic heterocycles. The maximum atomic E-state index is 8.85. The van der Waals surface area contributed by atoms with Crippen molar-refractivity contribution in [3.8, 4) is 11.8 Å². The van der Waals surface area contributed by atoms with E-state index < -0.39 is 0 Å². The van der Waals surface area contributed by atoms with Crippen LogP contribution in [0.1, 0.15) is 5.56 Å². The van der Waals surface area contributed by atoms with Crippen LogP contribution in [0.2, 0.25) is 5.02 Å². The Hall–Kier alpha value is -1.17. The maximum absolute atomic E-state index is 8.85. The monoisotopic (exact) mass is 314 g/mol. The molecule has 0 aliphatic carbocycles. The fourth-order valence-electron chi connectivity index (χ4n) is 1.13. The van der Waals surface area contributed by atoms with Crippen LogP contribution in [0.5, 0.6) is 11.8 Å². The molecule has 0 spiro atoms. The Labute approximate surface area is 111 Å². The molecule has 0 bridgehead atoms. The lowest BCUT2D eigenvalue weighted by Crippen LogP contribution is -1.94. The molecule has 0 fully saturated rings. The summed E-state index contributed by atoms with van der Waals surface area (Å²) in [4.78, 5) is 7.90. The van der Waals surface area contributed by atoms with Crippen molar-refractivity contribution in [3.63, 3.8) is 0 Å². The van der Waals surface area contributed by atoms with Crippen LogP contribution in [0, 0.1) is 0 Å². The van der Waals surface area contributed by atoms with Gasteiger partial charge in [-0.15, -0.1) is 0 Å². The number of halogens is 2. The Morgan fingerprint density at radius 1 is 1.29 bits per heavy atom. The van der Waals surface area contributed by atoms with Gasteiger partial charge in [0.15, 0.2) is 5.75 Å². The zero-order valence-corrected chi connectivity index (χ0v) is 10.9. The fraction of sp³-hybridized carbons (Fsp3) is 0.0909. The molecule has 0 radical (unpaired) electrons. The summed E-state index contributed by atoms with van der Waals surface area (Å²) in [5.74, 6) is 0.470. The van der Waals surface area contributed by atoms with Gasteiger partial charge in [-0.25, -0.2) is 9.97 Å². The predicted molar refractivity (Wildman–Crippen MR) is 67.2 cm³/mol. The summed E-state index contributed by atoms with van der Waals surface area (Å²) in [6, 6.07) is 5.43. The molecule has 1 aromatic carbocycles. The Kier molecular flexibility index (Phi) is 3.93.